The van der Waals surface area contributed by atoms with Crippen LogP contribution >= 0.6 is 0 Å². The van der Waals surface area contributed by atoms with Gasteiger partial charge in [-0.25, -0.2) is 9.78 Å². The van der Waals surface area contributed by atoms with Crippen LogP contribution in [0, 0.1) is 6.92 Å². The molecule has 0 saturated carbocycles. The quantitative estimate of drug-likeness (QED) is 0.271. The first kappa shape index (κ1) is 28.4. The van der Waals surface area contributed by atoms with Crippen LogP contribution in [0.2, 0.25) is 0 Å². The van der Waals surface area contributed by atoms with Crippen molar-refractivity contribution in [2.45, 2.75) is 33.6 Å². The second-order valence-corrected chi connectivity index (χ2v) is 9.91. The van der Waals surface area contributed by atoms with Crippen LogP contribution in [-0.2, 0) is 4.79 Å². The molecule has 0 fully saturated rings. The number of aromatic nitrogens is 2. The molecule has 0 aliphatic heterocycles. The molecule has 0 atom stereocenters. The Morgan fingerprint density at radius 1 is 1.10 bits per heavy atom. The predicted octanol–water partition coefficient (Wildman–Crippen LogP) is 5.31. The fourth-order valence-electron chi connectivity index (χ4n) is 4.37. The number of fused-ring (bicyclic) bond motifs is 1. The molecule has 4 rings (SSSR count). The normalized spacial score (nSPS) is 11.4. The van der Waals surface area contributed by atoms with Crippen LogP contribution in [0.5, 0.6) is 11.5 Å². The summed E-state index contributed by atoms with van der Waals surface area (Å²) in [7, 11) is 3.75. The maximum Gasteiger partial charge on any atom is 0.341 e. The SMILES string of the molecule is CCOc1cc(C)c(-c2nc3ccccc3c(=O)n2N=Cc2ccc(N(C)C)cc2OCC(=O)O)cc1C(C)C. The van der Waals surface area contributed by atoms with Crippen LogP contribution in [0.15, 0.2) is 64.5 Å². The molecule has 0 aliphatic rings. The third kappa shape index (κ3) is 5.98. The van der Waals surface area contributed by atoms with E-state index in [1.54, 1.807) is 30.3 Å². The summed E-state index contributed by atoms with van der Waals surface area (Å²) in [5.74, 6) is 0.606. The average molecular weight is 543 g/mol. The summed E-state index contributed by atoms with van der Waals surface area (Å²) < 4.78 is 12.7. The summed E-state index contributed by atoms with van der Waals surface area (Å²) in [6, 6.07) is 16.5. The molecular formula is C31H34N4O5. The first-order valence-corrected chi connectivity index (χ1v) is 13.1. The van der Waals surface area contributed by atoms with Gasteiger partial charge >= 0.3 is 5.97 Å². The number of ether oxygens (including phenoxy) is 2. The van der Waals surface area contributed by atoms with E-state index >= 15 is 0 Å². The molecule has 3 aromatic carbocycles. The zero-order chi connectivity index (χ0) is 29.0. The molecule has 0 saturated heterocycles. The van der Waals surface area contributed by atoms with Gasteiger partial charge in [0.2, 0.25) is 0 Å². The fourth-order valence-corrected chi connectivity index (χ4v) is 4.37. The van der Waals surface area contributed by atoms with Gasteiger partial charge in [0.15, 0.2) is 12.4 Å². The zero-order valence-corrected chi connectivity index (χ0v) is 23.6. The molecule has 9 nitrogen and oxygen atoms in total. The summed E-state index contributed by atoms with van der Waals surface area (Å²) in [5, 5.41) is 14.2. The summed E-state index contributed by atoms with van der Waals surface area (Å²) >= 11 is 0. The molecule has 0 spiro atoms. The van der Waals surface area contributed by atoms with Gasteiger partial charge < -0.3 is 19.5 Å². The van der Waals surface area contributed by atoms with Crippen LogP contribution in [0.25, 0.3) is 22.3 Å². The number of hydrogen-bond acceptors (Lipinski definition) is 7. The number of rotatable bonds is 10. The lowest BCUT2D eigenvalue weighted by Gasteiger charge is -2.18. The lowest BCUT2D eigenvalue weighted by atomic mass is 9.96. The Morgan fingerprint density at radius 3 is 2.52 bits per heavy atom. The van der Waals surface area contributed by atoms with E-state index in [2.05, 4.69) is 18.9 Å². The van der Waals surface area contributed by atoms with Crippen molar-refractivity contribution in [3.05, 3.63) is 81.6 Å². The van der Waals surface area contributed by atoms with Crippen molar-refractivity contribution in [3.8, 4) is 22.9 Å². The number of benzene rings is 3. The second-order valence-electron chi connectivity index (χ2n) is 9.91. The van der Waals surface area contributed by atoms with E-state index in [4.69, 9.17) is 19.6 Å². The van der Waals surface area contributed by atoms with E-state index in [0.717, 1.165) is 28.1 Å². The number of carboxylic acids is 1. The molecule has 0 radical (unpaired) electrons. The number of carbonyl (C=O) groups is 1. The summed E-state index contributed by atoms with van der Waals surface area (Å²) in [5.41, 5.74) is 4.24. The zero-order valence-electron chi connectivity index (χ0n) is 23.6. The Balaban J connectivity index is 1.93. The lowest BCUT2D eigenvalue weighted by Crippen LogP contribution is -2.21. The Bertz CT molecular complexity index is 1640. The summed E-state index contributed by atoms with van der Waals surface area (Å²) in [6.45, 7) is 8.11. The minimum atomic E-state index is -1.10. The minimum Gasteiger partial charge on any atom is -0.494 e. The second kappa shape index (κ2) is 12.0. The van der Waals surface area contributed by atoms with Crippen LogP contribution in [0.1, 0.15) is 43.4 Å². The molecular weight excluding hydrogens is 508 g/mol. The maximum atomic E-state index is 13.8. The van der Waals surface area contributed by atoms with Gasteiger partial charge in [0.1, 0.15) is 11.5 Å². The van der Waals surface area contributed by atoms with Gasteiger partial charge in [-0.2, -0.15) is 9.78 Å². The highest BCUT2D eigenvalue weighted by Gasteiger charge is 2.19. The van der Waals surface area contributed by atoms with Crippen LogP contribution in [0.4, 0.5) is 5.69 Å². The van der Waals surface area contributed by atoms with Gasteiger partial charge in [0.25, 0.3) is 5.56 Å². The van der Waals surface area contributed by atoms with Gasteiger partial charge in [-0.1, -0.05) is 26.0 Å². The molecule has 1 N–H and O–H groups in total. The van der Waals surface area contributed by atoms with Crippen molar-refractivity contribution in [1.29, 1.82) is 0 Å². The molecule has 40 heavy (non-hydrogen) atoms. The van der Waals surface area contributed by atoms with Gasteiger partial charge in [-0.3, -0.25) is 4.79 Å². The first-order valence-electron chi connectivity index (χ1n) is 13.1. The Kier molecular flexibility index (Phi) is 8.52. The highest BCUT2D eigenvalue weighted by Crippen LogP contribution is 2.34. The molecule has 1 aromatic heterocycles. The van der Waals surface area contributed by atoms with Crippen LogP contribution in [0.3, 0.4) is 0 Å². The smallest absolute Gasteiger partial charge is 0.341 e. The van der Waals surface area contributed by atoms with Gasteiger partial charge in [-0.05, 0) is 67.3 Å². The molecule has 9 heteroatoms. The van der Waals surface area contributed by atoms with E-state index < -0.39 is 12.6 Å². The third-order valence-corrected chi connectivity index (χ3v) is 6.45. The fraction of sp³-hybridized carbons (Fsp3) is 0.290. The average Bonchev–Trinajstić information content (AvgIpc) is 2.91. The van der Waals surface area contributed by atoms with Crippen molar-refractivity contribution in [1.82, 2.24) is 9.66 Å². The van der Waals surface area contributed by atoms with E-state index in [0.29, 0.717) is 34.6 Å². The van der Waals surface area contributed by atoms with Crippen molar-refractivity contribution in [2.75, 3.05) is 32.2 Å². The van der Waals surface area contributed by atoms with Crippen LogP contribution in [-0.4, -0.2) is 54.3 Å². The van der Waals surface area contributed by atoms with Gasteiger partial charge in [0, 0.05) is 37.0 Å². The van der Waals surface area contributed by atoms with Crippen molar-refractivity contribution < 1.29 is 19.4 Å². The minimum absolute atomic E-state index is 0.175. The topological polar surface area (TPSA) is 106 Å². The molecule has 4 aromatic rings. The van der Waals surface area contributed by atoms with Gasteiger partial charge in [-0.15, -0.1) is 0 Å². The van der Waals surface area contributed by atoms with Gasteiger partial charge in [0.05, 0.1) is 23.7 Å². The molecule has 1 heterocycles. The summed E-state index contributed by atoms with van der Waals surface area (Å²) in [6.07, 6.45) is 1.49. The van der Waals surface area contributed by atoms with E-state index in [1.165, 1.54) is 10.9 Å². The number of carboxylic acid groups (broad SMARTS) is 1. The third-order valence-electron chi connectivity index (χ3n) is 6.45. The first-order chi connectivity index (χ1) is 19.1. The standard InChI is InChI=1S/C31H34N4O5/c1-7-39-28-14-20(4)25(16-24(28)19(2)3)30-33-26-11-9-8-10-23(26)31(38)35(30)32-17-21-12-13-22(34(5)6)15-27(21)40-18-29(36)37/h8-17,19H,7,18H2,1-6H3,(H,36,37). The molecule has 0 amide bonds. The number of anilines is 1. The Morgan fingerprint density at radius 2 is 1.85 bits per heavy atom. The highest BCUT2D eigenvalue weighted by atomic mass is 16.5. The predicted molar refractivity (Wildman–Crippen MR) is 158 cm³/mol. The largest absolute Gasteiger partial charge is 0.494 e. The molecule has 0 aliphatic carbocycles. The van der Waals surface area contributed by atoms with Crippen molar-refractivity contribution in [2.24, 2.45) is 5.10 Å². The molecule has 0 unspecified atom stereocenters. The Labute approximate surface area is 233 Å². The number of hydrogen-bond donors (Lipinski definition) is 1. The van der Waals surface area contributed by atoms with E-state index in [1.807, 2.05) is 57.1 Å². The van der Waals surface area contributed by atoms with E-state index in [9.17, 15) is 9.59 Å². The van der Waals surface area contributed by atoms with Crippen molar-refractivity contribution in [3.63, 3.8) is 0 Å². The maximum absolute atomic E-state index is 13.8. The highest BCUT2D eigenvalue weighted by molar-refractivity contribution is 5.86. The van der Waals surface area contributed by atoms with E-state index in [-0.39, 0.29) is 11.5 Å². The Hall–Kier alpha value is -4.66. The number of aryl methyl sites for hydroxylation is 1. The molecule has 208 valence electrons. The van der Waals surface area contributed by atoms with Crippen molar-refractivity contribution >= 4 is 28.8 Å². The number of nitrogens with zero attached hydrogens (tertiary/aromatic N) is 4. The number of para-hydroxylation sites is 1. The monoisotopic (exact) mass is 542 g/mol. The number of aliphatic carboxylic acids is 1. The lowest BCUT2D eigenvalue weighted by molar-refractivity contribution is -0.139. The molecule has 0 bridgehead atoms. The van der Waals surface area contributed by atoms with Crippen LogP contribution < -0.4 is 19.9 Å². The summed E-state index contributed by atoms with van der Waals surface area (Å²) in [4.78, 5) is 31.7.